The minimum atomic E-state index is -4.54. The maximum absolute atomic E-state index is 13.8. The van der Waals surface area contributed by atoms with Gasteiger partial charge in [-0.3, -0.25) is 9.59 Å². The summed E-state index contributed by atoms with van der Waals surface area (Å²) in [5, 5.41) is -0.909. The van der Waals surface area contributed by atoms with Crippen molar-refractivity contribution < 1.29 is 22.8 Å². The molecule has 0 fully saturated rings. The number of hydrogen-bond donors (Lipinski definition) is 0. The second-order valence-electron chi connectivity index (χ2n) is 7.93. The molecule has 2 aliphatic rings. The van der Waals surface area contributed by atoms with E-state index in [0.29, 0.717) is 5.56 Å². The van der Waals surface area contributed by atoms with Gasteiger partial charge in [0.25, 0.3) is 0 Å². The van der Waals surface area contributed by atoms with E-state index in [2.05, 4.69) is 4.40 Å². The van der Waals surface area contributed by atoms with Crippen molar-refractivity contribution in [2.24, 2.45) is 9.81 Å². The molecule has 3 nitrogen and oxygen atoms in total. The molecule has 1 aliphatic heterocycles. The number of halogens is 3. The van der Waals surface area contributed by atoms with E-state index in [1.54, 1.807) is 36.4 Å². The van der Waals surface area contributed by atoms with Crippen molar-refractivity contribution in [2.75, 3.05) is 0 Å². The van der Waals surface area contributed by atoms with Crippen molar-refractivity contribution >= 4 is 29.2 Å². The van der Waals surface area contributed by atoms with E-state index in [4.69, 9.17) is 0 Å². The highest BCUT2D eigenvalue weighted by Crippen LogP contribution is 2.59. The fourth-order valence-corrected chi connectivity index (χ4v) is 5.63. The Morgan fingerprint density at radius 1 is 0.875 bits per heavy atom. The van der Waals surface area contributed by atoms with Crippen LogP contribution in [0.15, 0.2) is 77.2 Å². The van der Waals surface area contributed by atoms with E-state index >= 15 is 0 Å². The molecule has 0 N–H and O–H groups in total. The quantitative estimate of drug-likeness (QED) is 0.341. The molecule has 1 unspecified atom stereocenters. The van der Waals surface area contributed by atoms with Crippen LogP contribution in [0.2, 0.25) is 0 Å². The molecular formula is C25H16F3NO2S. The molecule has 1 heterocycles. The number of carbonyl (C=O) groups is 2. The van der Waals surface area contributed by atoms with Gasteiger partial charge in [-0.25, -0.2) is 4.40 Å². The maximum atomic E-state index is 13.8. The van der Waals surface area contributed by atoms with Crippen molar-refractivity contribution in [1.29, 1.82) is 0 Å². The topological polar surface area (TPSA) is 46.5 Å². The van der Waals surface area contributed by atoms with Crippen LogP contribution in [-0.2, 0) is 6.18 Å². The first-order valence-electron chi connectivity index (χ1n) is 9.91. The molecule has 1 spiro atoms. The Kier molecular flexibility index (Phi) is 4.64. The number of hydrogen-bond acceptors (Lipinski definition) is 4. The van der Waals surface area contributed by atoms with Crippen LogP contribution >= 0.6 is 11.9 Å². The van der Waals surface area contributed by atoms with Gasteiger partial charge in [0, 0.05) is 11.1 Å². The number of fused-ring (bicyclic) bond motifs is 1. The van der Waals surface area contributed by atoms with E-state index in [1.807, 2.05) is 19.1 Å². The SMILES string of the molecule is Cc1ccc(C2=NSC(c3cccc(C(F)(F)F)c3)C23C(=O)c2ccccc2C3=O)cc1. The molecule has 1 aliphatic carbocycles. The van der Waals surface area contributed by atoms with Gasteiger partial charge in [-0.05, 0) is 36.1 Å². The number of aryl methyl sites for hydroxylation is 1. The highest BCUT2D eigenvalue weighted by atomic mass is 32.2. The third-order valence-corrected chi connectivity index (χ3v) is 7.12. The first kappa shape index (κ1) is 20.7. The van der Waals surface area contributed by atoms with Crippen LogP contribution in [0.25, 0.3) is 0 Å². The molecule has 0 radical (unpaired) electrons. The molecule has 3 aromatic carbocycles. The smallest absolute Gasteiger partial charge is 0.292 e. The zero-order chi connectivity index (χ0) is 22.7. The van der Waals surface area contributed by atoms with Crippen LogP contribution in [0.3, 0.4) is 0 Å². The summed E-state index contributed by atoms with van der Waals surface area (Å²) in [6.45, 7) is 1.91. The zero-order valence-electron chi connectivity index (χ0n) is 16.8. The Labute approximate surface area is 186 Å². The van der Waals surface area contributed by atoms with Gasteiger partial charge in [0.2, 0.25) is 0 Å². The first-order valence-corrected chi connectivity index (χ1v) is 10.8. The summed E-state index contributed by atoms with van der Waals surface area (Å²) in [4.78, 5) is 27.6. The van der Waals surface area contributed by atoms with E-state index in [-0.39, 0.29) is 22.4 Å². The Balaban J connectivity index is 1.73. The molecule has 7 heteroatoms. The number of Topliss-reactive ketones (excluding diaryl/α,β-unsaturated/α-hetero) is 2. The predicted octanol–water partition coefficient (Wildman–Crippen LogP) is 6.27. The normalized spacial score (nSPS) is 19.4. The van der Waals surface area contributed by atoms with Gasteiger partial charge in [-0.1, -0.05) is 72.3 Å². The minimum Gasteiger partial charge on any atom is -0.292 e. The standard InChI is InChI=1S/C25H16F3NO2S/c1-14-9-11-15(12-10-14)20-24(21(30)18-7-2-3-8-19(18)22(24)31)23(32-29-20)16-5-4-6-17(13-16)25(26,27)28/h2-13,23H,1H3. The lowest BCUT2D eigenvalue weighted by Gasteiger charge is -2.29. The van der Waals surface area contributed by atoms with Gasteiger partial charge in [-0.15, -0.1) is 0 Å². The highest BCUT2D eigenvalue weighted by molar-refractivity contribution is 7.99. The van der Waals surface area contributed by atoms with Crippen LogP contribution in [0, 0.1) is 12.3 Å². The van der Waals surface area contributed by atoms with Crippen LogP contribution in [0.5, 0.6) is 0 Å². The molecule has 5 rings (SSSR count). The van der Waals surface area contributed by atoms with Crippen molar-refractivity contribution in [3.8, 4) is 0 Å². The molecule has 0 saturated heterocycles. The Morgan fingerprint density at radius 3 is 2.09 bits per heavy atom. The Bertz CT molecular complexity index is 1260. The Hall–Kier alpha value is -3.19. The number of alkyl halides is 3. The maximum Gasteiger partial charge on any atom is 0.416 e. The summed E-state index contributed by atoms with van der Waals surface area (Å²) in [6, 6.07) is 18.6. The molecule has 160 valence electrons. The van der Waals surface area contributed by atoms with Gasteiger partial charge in [0.1, 0.15) is 0 Å². The summed E-state index contributed by atoms with van der Waals surface area (Å²) in [5.41, 5.74) is 0.135. The fraction of sp³-hybridized carbons (Fsp3) is 0.160. The summed E-state index contributed by atoms with van der Waals surface area (Å²) in [6.07, 6.45) is -4.54. The second-order valence-corrected chi connectivity index (χ2v) is 8.79. The lowest BCUT2D eigenvalue weighted by Crippen LogP contribution is -2.43. The lowest BCUT2D eigenvalue weighted by molar-refractivity contribution is -0.137. The molecule has 0 amide bonds. The van der Waals surface area contributed by atoms with Crippen LogP contribution in [0.1, 0.15) is 48.2 Å². The van der Waals surface area contributed by atoms with Gasteiger partial charge in [0.05, 0.1) is 16.5 Å². The minimum absolute atomic E-state index is 0.241. The number of nitrogens with zero attached hydrogens (tertiary/aromatic N) is 1. The van der Waals surface area contributed by atoms with E-state index in [9.17, 15) is 22.8 Å². The van der Waals surface area contributed by atoms with Crippen molar-refractivity contribution in [1.82, 2.24) is 0 Å². The first-order chi connectivity index (χ1) is 15.2. The summed E-state index contributed by atoms with van der Waals surface area (Å²) >= 11 is 0.975. The number of carbonyl (C=O) groups excluding carboxylic acids is 2. The molecular weight excluding hydrogens is 435 g/mol. The van der Waals surface area contributed by atoms with Gasteiger partial charge in [-0.2, -0.15) is 13.2 Å². The monoisotopic (exact) mass is 451 g/mol. The largest absolute Gasteiger partial charge is 0.416 e. The van der Waals surface area contributed by atoms with Crippen LogP contribution in [0.4, 0.5) is 13.2 Å². The van der Waals surface area contributed by atoms with Crippen molar-refractivity contribution in [3.05, 3.63) is 106 Å². The number of rotatable bonds is 2. The number of ketones is 2. The van der Waals surface area contributed by atoms with Crippen LogP contribution in [-0.4, -0.2) is 17.3 Å². The second kappa shape index (κ2) is 7.17. The van der Waals surface area contributed by atoms with Gasteiger partial charge < -0.3 is 0 Å². The molecule has 32 heavy (non-hydrogen) atoms. The molecule has 0 saturated carbocycles. The van der Waals surface area contributed by atoms with Gasteiger partial charge in [0.15, 0.2) is 17.0 Å². The average Bonchev–Trinajstić information content (AvgIpc) is 3.28. The van der Waals surface area contributed by atoms with E-state index in [0.717, 1.165) is 29.6 Å². The third-order valence-electron chi connectivity index (χ3n) is 5.99. The molecule has 1 atom stereocenters. The van der Waals surface area contributed by atoms with E-state index < -0.39 is 34.0 Å². The van der Waals surface area contributed by atoms with E-state index in [1.165, 1.54) is 12.1 Å². The van der Waals surface area contributed by atoms with Crippen LogP contribution < -0.4 is 0 Å². The van der Waals surface area contributed by atoms with Crippen molar-refractivity contribution in [3.63, 3.8) is 0 Å². The Morgan fingerprint density at radius 2 is 1.50 bits per heavy atom. The average molecular weight is 451 g/mol. The van der Waals surface area contributed by atoms with Crippen molar-refractivity contribution in [2.45, 2.75) is 18.3 Å². The molecule has 0 bridgehead atoms. The summed E-state index contributed by atoms with van der Waals surface area (Å²) in [7, 11) is 0. The number of benzene rings is 3. The summed E-state index contributed by atoms with van der Waals surface area (Å²) in [5.74, 6) is -0.852. The highest BCUT2D eigenvalue weighted by Gasteiger charge is 2.64. The molecule has 3 aromatic rings. The summed E-state index contributed by atoms with van der Waals surface area (Å²) < 4.78 is 44.7. The predicted molar refractivity (Wildman–Crippen MR) is 117 cm³/mol. The lowest BCUT2D eigenvalue weighted by atomic mass is 9.70. The third kappa shape index (κ3) is 2.88. The molecule has 0 aromatic heterocycles. The zero-order valence-corrected chi connectivity index (χ0v) is 17.6. The van der Waals surface area contributed by atoms with Gasteiger partial charge >= 0.3 is 6.18 Å². The fourth-order valence-electron chi connectivity index (χ4n) is 4.42.